The molecular weight excluding hydrogens is 286 g/mol. The molecule has 0 aliphatic heterocycles. The lowest BCUT2D eigenvalue weighted by molar-refractivity contribution is 0.588. The van der Waals surface area contributed by atoms with Crippen LogP contribution in [0, 0.1) is 11.7 Å². The number of aryl methyl sites for hydroxylation is 2. The quantitative estimate of drug-likeness (QED) is 0.748. The number of halogens is 3. The topological polar surface area (TPSA) is 17.8 Å². The standard InChI is InChI=1S/C14H15Cl2FN2/c15-5-3-14-18-12-8-11(17)10(16)7-13(12)19(14)6-4-9-1-2-9/h7-9H,1-6H2. The van der Waals surface area contributed by atoms with Gasteiger partial charge in [-0.2, -0.15) is 0 Å². The van der Waals surface area contributed by atoms with E-state index in [4.69, 9.17) is 23.2 Å². The highest BCUT2D eigenvalue weighted by Gasteiger charge is 2.22. The second-order valence-electron chi connectivity index (χ2n) is 5.11. The molecule has 0 saturated heterocycles. The molecule has 2 aromatic rings. The van der Waals surface area contributed by atoms with Gasteiger partial charge >= 0.3 is 0 Å². The van der Waals surface area contributed by atoms with Crippen LogP contribution in [0.15, 0.2) is 12.1 Å². The van der Waals surface area contributed by atoms with Crippen molar-refractivity contribution in [2.24, 2.45) is 5.92 Å². The number of hydrogen-bond donors (Lipinski definition) is 0. The van der Waals surface area contributed by atoms with E-state index in [1.807, 2.05) is 0 Å². The maximum atomic E-state index is 13.5. The van der Waals surface area contributed by atoms with Gasteiger partial charge in [-0.3, -0.25) is 0 Å². The molecular formula is C14H15Cl2FN2. The van der Waals surface area contributed by atoms with Gasteiger partial charge < -0.3 is 4.57 Å². The van der Waals surface area contributed by atoms with Crippen LogP contribution < -0.4 is 0 Å². The molecule has 3 rings (SSSR count). The summed E-state index contributed by atoms with van der Waals surface area (Å²) in [6.07, 6.45) is 4.50. The minimum atomic E-state index is -0.418. The molecule has 5 heteroatoms. The number of benzene rings is 1. The Labute approximate surface area is 121 Å². The first-order valence-electron chi connectivity index (χ1n) is 6.59. The fourth-order valence-electron chi connectivity index (χ4n) is 2.41. The van der Waals surface area contributed by atoms with Gasteiger partial charge in [0.1, 0.15) is 11.6 Å². The third kappa shape index (κ3) is 2.72. The predicted molar refractivity (Wildman–Crippen MR) is 76.5 cm³/mol. The first-order chi connectivity index (χ1) is 9.19. The molecule has 1 saturated carbocycles. The highest BCUT2D eigenvalue weighted by atomic mass is 35.5. The number of hydrogen-bond acceptors (Lipinski definition) is 1. The lowest BCUT2D eigenvalue weighted by Crippen LogP contribution is -2.05. The van der Waals surface area contributed by atoms with Crippen LogP contribution in [0.3, 0.4) is 0 Å². The zero-order chi connectivity index (χ0) is 13.4. The summed E-state index contributed by atoms with van der Waals surface area (Å²) in [7, 11) is 0. The van der Waals surface area contributed by atoms with Gasteiger partial charge in [-0.05, 0) is 18.4 Å². The molecule has 0 atom stereocenters. The SMILES string of the molecule is Fc1cc2nc(CCCl)n(CCC3CC3)c2cc1Cl. The molecule has 2 nitrogen and oxygen atoms in total. The molecule has 1 fully saturated rings. The Morgan fingerprint density at radius 2 is 2.16 bits per heavy atom. The molecule has 1 aliphatic carbocycles. The number of alkyl halides is 1. The molecule has 1 aliphatic rings. The highest BCUT2D eigenvalue weighted by Crippen LogP contribution is 2.34. The molecule has 102 valence electrons. The Hall–Kier alpha value is -0.800. The summed E-state index contributed by atoms with van der Waals surface area (Å²) in [6.45, 7) is 0.912. The maximum Gasteiger partial charge on any atom is 0.144 e. The predicted octanol–water partition coefficient (Wildman–Crippen LogP) is 4.41. The summed E-state index contributed by atoms with van der Waals surface area (Å²) in [5, 5.41) is 0.150. The Morgan fingerprint density at radius 1 is 1.37 bits per heavy atom. The summed E-state index contributed by atoms with van der Waals surface area (Å²) < 4.78 is 15.6. The maximum absolute atomic E-state index is 13.5. The van der Waals surface area contributed by atoms with Gasteiger partial charge in [0.15, 0.2) is 0 Å². The van der Waals surface area contributed by atoms with Crippen LogP contribution in [-0.2, 0) is 13.0 Å². The van der Waals surface area contributed by atoms with Crippen molar-refractivity contribution in [3.05, 3.63) is 28.8 Å². The molecule has 0 amide bonds. The third-order valence-corrected chi connectivity index (χ3v) is 4.12. The van der Waals surface area contributed by atoms with Crippen molar-refractivity contribution in [2.45, 2.75) is 32.2 Å². The summed E-state index contributed by atoms with van der Waals surface area (Å²) in [6, 6.07) is 3.08. The first kappa shape index (κ1) is 13.2. The number of aromatic nitrogens is 2. The van der Waals surface area contributed by atoms with Crippen molar-refractivity contribution in [1.29, 1.82) is 0 Å². The number of fused-ring (bicyclic) bond motifs is 1. The smallest absolute Gasteiger partial charge is 0.144 e. The van der Waals surface area contributed by atoms with Crippen molar-refractivity contribution in [2.75, 3.05) is 5.88 Å². The fraction of sp³-hybridized carbons (Fsp3) is 0.500. The van der Waals surface area contributed by atoms with Crippen LogP contribution in [0.1, 0.15) is 25.1 Å². The van der Waals surface area contributed by atoms with Crippen LogP contribution >= 0.6 is 23.2 Å². The van der Waals surface area contributed by atoms with E-state index in [0.717, 1.165) is 30.2 Å². The van der Waals surface area contributed by atoms with Gasteiger partial charge in [-0.25, -0.2) is 9.37 Å². The van der Waals surface area contributed by atoms with E-state index in [1.54, 1.807) is 6.07 Å². The second-order valence-corrected chi connectivity index (χ2v) is 5.89. The van der Waals surface area contributed by atoms with E-state index in [-0.39, 0.29) is 5.02 Å². The fourth-order valence-corrected chi connectivity index (χ4v) is 2.74. The zero-order valence-electron chi connectivity index (χ0n) is 10.5. The molecule has 19 heavy (non-hydrogen) atoms. The molecule has 0 bridgehead atoms. The molecule has 1 aromatic heterocycles. The third-order valence-electron chi connectivity index (χ3n) is 3.65. The highest BCUT2D eigenvalue weighted by molar-refractivity contribution is 6.31. The molecule has 0 N–H and O–H groups in total. The van der Waals surface area contributed by atoms with E-state index in [1.165, 1.54) is 18.9 Å². The minimum Gasteiger partial charge on any atom is -0.328 e. The van der Waals surface area contributed by atoms with E-state index < -0.39 is 5.82 Å². The van der Waals surface area contributed by atoms with Crippen LogP contribution in [0.4, 0.5) is 4.39 Å². The Bertz CT molecular complexity index is 605. The number of imidazole rings is 1. The normalized spacial score (nSPS) is 15.3. The van der Waals surface area contributed by atoms with E-state index in [9.17, 15) is 4.39 Å². The van der Waals surface area contributed by atoms with Crippen LogP contribution in [0.2, 0.25) is 5.02 Å². The first-order valence-corrected chi connectivity index (χ1v) is 7.50. The molecule has 0 spiro atoms. The summed E-state index contributed by atoms with van der Waals surface area (Å²) >= 11 is 11.7. The van der Waals surface area contributed by atoms with Gasteiger partial charge in [0.05, 0.1) is 16.1 Å². The van der Waals surface area contributed by atoms with Crippen LogP contribution in [-0.4, -0.2) is 15.4 Å². The van der Waals surface area contributed by atoms with Gasteiger partial charge in [-0.15, -0.1) is 11.6 Å². The largest absolute Gasteiger partial charge is 0.328 e. The van der Waals surface area contributed by atoms with Gasteiger partial charge in [0.2, 0.25) is 0 Å². The minimum absolute atomic E-state index is 0.150. The zero-order valence-corrected chi connectivity index (χ0v) is 12.0. The van der Waals surface area contributed by atoms with Crippen molar-refractivity contribution in [3.63, 3.8) is 0 Å². The second kappa shape index (κ2) is 5.29. The average molecular weight is 301 g/mol. The molecule has 1 heterocycles. The molecule has 1 aromatic carbocycles. The van der Waals surface area contributed by atoms with Gasteiger partial charge in [-0.1, -0.05) is 24.4 Å². The van der Waals surface area contributed by atoms with Crippen molar-refractivity contribution < 1.29 is 4.39 Å². The van der Waals surface area contributed by atoms with Crippen molar-refractivity contribution in [3.8, 4) is 0 Å². The van der Waals surface area contributed by atoms with E-state index in [0.29, 0.717) is 17.8 Å². The molecule has 0 radical (unpaired) electrons. The summed E-state index contributed by atoms with van der Waals surface area (Å²) in [4.78, 5) is 4.48. The van der Waals surface area contributed by atoms with E-state index in [2.05, 4.69) is 9.55 Å². The van der Waals surface area contributed by atoms with Crippen LogP contribution in [0.5, 0.6) is 0 Å². The number of rotatable bonds is 5. The Morgan fingerprint density at radius 3 is 2.84 bits per heavy atom. The molecule has 0 unspecified atom stereocenters. The van der Waals surface area contributed by atoms with Crippen molar-refractivity contribution in [1.82, 2.24) is 9.55 Å². The van der Waals surface area contributed by atoms with Crippen molar-refractivity contribution >= 4 is 34.2 Å². The lowest BCUT2D eigenvalue weighted by atomic mass is 10.2. The van der Waals surface area contributed by atoms with Gasteiger partial charge in [0, 0.05) is 24.9 Å². The van der Waals surface area contributed by atoms with Crippen LogP contribution in [0.25, 0.3) is 11.0 Å². The monoisotopic (exact) mass is 300 g/mol. The summed E-state index contributed by atoms with van der Waals surface area (Å²) in [5.74, 6) is 1.87. The van der Waals surface area contributed by atoms with Gasteiger partial charge in [0.25, 0.3) is 0 Å². The number of nitrogens with zero attached hydrogens (tertiary/aromatic N) is 2. The average Bonchev–Trinajstić information content (AvgIpc) is 3.14. The Kier molecular flexibility index (Phi) is 3.68. The lowest BCUT2D eigenvalue weighted by Gasteiger charge is -2.08. The Balaban J connectivity index is 2.02. The van der Waals surface area contributed by atoms with E-state index >= 15 is 0 Å². The summed E-state index contributed by atoms with van der Waals surface area (Å²) in [5.41, 5.74) is 1.57.